The number of imide groups is 1. The molecule has 3 amide bonds. The van der Waals surface area contributed by atoms with E-state index < -0.39 is 5.41 Å². The van der Waals surface area contributed by atoms with Crippen LogP contribution >= 0.6 is 0 Å². The Balaban J connectivity index is 1.67. The maximum atomic E-state index is 13.8. The minimum atomic E-state index is -1.14. The van der Waals surface area contributed by atoms with Crippen molar-refractivity contribution in [3.8, 4) is 0 Å². The van der Waals surface area contributed by atoms with Gasteiger partial charge in [0.15, 0.2) is 0 Å². The molecule has 2 aliphatic rings. The number of hydrogen-bond donors (Lipinski definition) is 0. The number of rotatable bonds is 5. The second-order valence-corrected chi connectivity index (χ2v) is 8.95. The second kappa shape index (κ2) is 8.61. The largest absolute Gasteiger partial charge is 0.343 e. The van der Waals surface area contributed by atoms with Crippen LogP contribution in [0.3, 0.4) is 0 Å². The van der Waals surface area contributed by atoms with E-state index in [1.54, 1.807) is 24.5 Å². The first-order valence-corrected chi connectivity index (χ1v) is 11.0. The van der Waals surface area contributed by atoms with E-state index in [1.807, 2.05) is 36.1 Å². The summed E-state index contributed by atoms with van der Waals surface area (Å²) >= 11 is 0. The lowest BCUT2D eigenvalue weighted by Gasteiger charge is -2.34. The van der Waals surface area contributed by atoms with Crippen LogP contribution in [0.25, 0.3) is 0 Å². The molecule has 1 atom stereocenters. The highest BCUT2D eigenvalue weighted by molar-refractivity contribution is 6.10. The Morgan fingerprint density at radius 2 is 1.77 bits per heavy atom. The van der Waals surface area contributed by atoms with Gasteiger partial charge in [-0.25, -0.2) is 0 Å². The van der Waals surface area contributed by atoms with Crippen molar-refractivity contribution in [1.29, 1.82) is 0 Å². The van der Waals surface area contributed by atoms with E-state index in [1.165, 1.54) is 4.90 Å². The summed E-state index contributed by atoms with van der Waals surface area (Å²) in [4.78, 5) is 47.3. The van der Waals surface area contributed by atoms with Crippen molar-refractivity contribution in [2.24, 2.45) is 5.92 Å². The number of piperidine rings is 1. The number of likely N-dealkylation sites (tertiary alicyclic amines) is 2. The monoisotopic (exact) mass is 419 g/mol. The zero-order valence-corrected chi connectivity index (χ0v) is 18.2. The summed E-state index contributed by atoms with van der Waals surface area (Å²) in [5.74, 6) is 0.0643. The molecule has 31 heavy (non-hydrogen) atoms. The Labute approximate surface area is 183 Å². The number of nitrogens with zero attached hydrogens (tertiary/aromatic N) is 3. The number of hydrogen-bond acceptors (Lipinski definition) is 4. The minimum Gasteiger partial charge on any atom is -0.343 e. The molecule has 0 saturated carbocycles. The Morgan fingerprint density at radius 1 is 1.10 bits per heavy atom. The number of carbonyl (C=O) groups excluding carboxylic acids is 3. The van der Waals surface area contributed by atoms with E-state index in [4.69, 9.17) is 0 Å². The number of aryl methyl sites for hydroxylation is 1. The molecule has 0 bridgehead atoms. The lowest BCUT2D eigenvalue weighted by Crippen LogP contribution is -2.45. The lowest BCUT2D eigenvalue weighted by molar-refractivity contribution is -0.143. The standard InChI is InChI=1S/C25H29N3O3/c1-18-9-13-27(14-10-18)22(29)15-25(21-6-4-3-5-19(21)2)16-23(30)28(24(25)31)17-20-7-11-26-12-8-20/h3-8,11-12,18H,9-10,13-17H2,1-2H3. The van der Waals surface area contributed by atoms with Crippen LogP contribution in [0.1, 0.15) is 49.3 Å². The van der Waals surface area contributed by atoms with Gasteiger partial charge in [0, 0.05) is 38.3 Å². The van der Waals surface area contributed by atoms with Crippen molar-refractivity contribution in [3.63, 3.8) is 0 Å². The lowest BCUT2D eigenvalue weighted by atomic mass is 9.73. The van der Waals surface area contributed by atoms with E-state index >= 15 is 0 Å². The van der Waals surface area contributed by atoms with Crippen molar-refractivity contribution in [2.45, 2.75) is 51.5 Å². The molecule has 0 spiro atoms. The van der Waals surface area contributed by atoms with E-state index in [0.717, 1.165) is 29.5 Å². The smallest absolute Gasteiger partial charge is 0.241 e. The van der Waals surface area contributed by atoms with Crippen LogP contribution in [0.2, 0.25) is 0 Å². The first-order valence-electron chi connectivity index (χ1n) is 11.0. The molecule has 1 aromatic carbocycles. The highest BCUT2D eigenvalue weighted by Gasteiger charge is 2.54. The zero-order chi connectivity index (χ0) is 22.0. The number of aromatic nitrogens is 1. The van der Waals surface area contributed by atoms with Crippen LogP contribution in [-0.2, 0) is 26.3 Å². The first kappa shape index (κ1) is 21.2. The molecule has 0 N–H and O–H groups in total. The highest BCUT2D eigenvalue weighted by Crippen LogP contribution is 2.42. The van der Waals surface area contributed by atoms with Gasteiger partial charge in [0.1, 0.15) is 0 Å². The Hall–Kier alpha value is -3.02. The normalized spacial score (nSPS) is 22.3. The Bertz CT molecular complexity index is 983. The molecule has 1 aromatic heterocycles. The fraction of sp³-hybridized carbons (Fsp3) is 0.440. The summed E-state index contributed by atoms with van der Waals surface area (Å²) in [6.45, 7) is 5.77. The molecule has 3 heterocycles. The summed E-state index contributed by atoms with van der Waals surface area (Å²) in [5.41, 5.74) is 1.41. The van der Waals surface area contributed by atoms with Crippen molar-refractivity contribution < 1.29 is 14.4 Å². The summed E-state index contributed by atoms with van der Waals surface area (Å²) in [6, 6.07) is 11.2. The molecule has 162 valence electrons. The molecule has 0 radical (unpaired) electrons. The minimum absolute atomic E-state index is 0.0255. The van der Waals surface area contributed by atoms with Crippen LogP contribution in [0, 0.1) is 12.8 Å². The number of pyridine rings is 1. The predicted molar refractivity (Wildman–Crippen MR) is 117 cm³/mol. The van der Waals surface area contributed by atoms with E-state index in [9.17, 15) is 14.4 Å². The van der Waals surface area contributed by atoms with Gasteiger partial charge in [-0.1, -0.05) is 31.2 Å². The van der Waals surface area contributed by atoms with Gasteiger partial charge in [-0.05, 0) is 54.5 Å². The molecule has 1 unspecified atom stereocenters. The van der Waals surface area contributed by atoms with E-state index in [0.29, 0.717) is 19.0 Å². The molecule has 0 aliphatic carbocycles. The molecule has 2 fully saturated rings. The molecular weight excluding hydrogens is 390 g/mol. The third-order valence-electron chi connectivity index (χ3n) is 6.75. The van der Waals surface area contributed by atoms with Gasteiger partial charge in [-0.15, -0.1) is 0 Å². The number of benzene rings is 1. The molecule has 6 heteroatoms. The van der Waals surface area contributed by atoms with Gasteiger partial charge >= 0.3 is 0 Å². The summed E-state index contributed by atoms with van der Waals surface area (Å²) < 4.78 is 0. The molecular formula is C25H29N3O3. The topological polar surface area (TPSA) is 70.6 Å². The zero-order valence-electron chi connectivity index (χ0n) is 18.2. The first-order chi connectivity index (χ1) is 14.9. The number of carbonyl (C=O) groups is 3. The average molecular weight is 420 g/mol. The third-order valence-corrected chi connectivity index (χ3v) is 6.75. The summed E-state index contributed by atoms with van der Waals surface area (Å²) in [5, 5.41) is 0. The van der Waals surface area contributed by atoms with E-state index in [2.05, 4.69) is 11.9 Å². The Kier molecular flexibility index (Phi) is 5.90. The van der Waals surface area contributed by atoms with Gasteiger partial charge in [0.05, 0.1) is 12.0 Å². The average Bonchev–Trinajstić information content (AvgIpc) is 3.00. The molecule has 2 aromatic rings. The van der Waals surface area contributed by atoms with Crippen molar-refractivity contribution in [3.05, 3.63) is 65.5 Å². The molecule has 4 rings (SSSR count). The highest BCUT2D eigenvalue weighted by atomic mass is 16.2. The van der Waals surface area contributed by atoms with Gasteiger partial charge in [0.25, 0.3) is 0 Å². The fourth-order valence-corrected chi connectivity index (χ4v) is 4.81. The maximum absolute atomic E-state index is 13.8. The van der Waals surface area contributed by atoms with Gasteiger partial charge in [-0.3, -0.25) is 24.3 Å². The van der Waals surface area contributed by atoms with Gasteiger partial charge in [-0.2, -0.15) is 0 Å². The van der Waals surface area contributed by atoms with Crippen LogP contribution in [0.4, 0.5) is 0 Å². The predicted octanol–water partition coefficient (Wildman–Crippen LogP) is 3.24. The van der Waals surface area contributed by atoms with Crippen molar-refractivity contribution in [2.75, 3.05) is 13.1 Å². The fourth-order valence-electron chi connectivity index (χ4n) is 4.81. The van der Waals surface area contributed by atoms with Crippen LogP contribution in [0.15, 0.2) is 48.8 Å². The van der Waals surface area contributed by atoms with Crippen LogP contribution in [0.5, 0.6) is 0 Å². The molecule has 2 saturated heterocycles. The van der Waals surface area contributed by atoms with Gasteiger partial charge < -0.3 is 4.90 Å². The Morgan fingerprint density at radius 3 is 2.45 bits per heavy atom. The summed E-state index contributed by atoms with van der Waals surface area (Å²) in [6.07, 6.45) is 5.31. The van der Waals surface area contributed by atoms with Crippen molar-refractivity contribution >= 4 is 17.7 Å². The SMILES string of the molecule is Cc1ccccc1C1(CC(=O)N2CCC(C)CC2)CC(=O)N(Cc2ccncc2)C1=O. The molecule has 6 nitrogen and oxygen atoms in total. The maximum Gasteiger partial charge on any atom is 0.241 e. The number of amides is 3. The van der Waals surface area contributed by atoms with Crippen LogP contribution < -0.4 is 0 Å². The van der Waals surface area contributed by atoms with Crippen molar-refractivity contribution in [1.82, 2.24) is 14.8 Å². The van der Waals surface area contributed by atoms with Gasteiger partial charge in [0.2, 0.25) is 17.7 Å². The van der Waals surface area contributed by atoms with E-state index in [-0.39, 0.29) is 37.1 Å². The molecule has 2 aliphatic heterocycles. The van der Waals surface area contributed by atoms with Crippen LogP contribution in [-0.4, -0.2) is 45.6 Å². The third kappa shape index (κ3) is 4.11. The quantitative estimate of drug-likeness (QED) is 0.698. The summed E-state index contributed by atoms with van der Waals surface area (Å²) in [7, 11) is 0. The second-order valence-electron chi connectivity index (χ2n) is 8.95.